The minimum absolute atomic E-state index is 0.688. The first kappa shape index (κ1) is 10.7. The van der Waals surface area contributed by atoms with E-state index in [4.69, 9.17) is 4.74 Å². The Kier molecular flexibility index (Phi) is 3.78. The molecule has 0 saturated heterocycles. The largest absolute Gasteiger partial charge is 0.384 e. The van der Waals surface area contributed by atoms with Crippen molar-refractivity contribution in [1.82, 2.24) is 9.55 Å². The van der Waals surface area contributed by atoms with Crippen LogP contribution < -0.4 is 0 Å². The van der Waals surface area contributed by atoms with Gasteiger partial charge >= 0.3 is 0 Å². The molecule has 0 N–H and O–H groups in total. The van der Waals surface area contributed by atoms with Crippen LogP contribution in [0.4, 0.5) is 0 Å². The van der Waals surface area contributed by atoms with Gasteiger partial charge < -0.3 is 9.30 Å². The molecule has 3 nitrogen and oxygen atoms in total. The van der Waals surface area contributed by atoms with E-state index in [-0.39, 0.29) is 0 Å². The minimum atomic E-state index is 0.688. The summed E-state index contributed by atoms with van der Waals surface area (Å²) in [5.41, 5.74) is 1.32. The highest BCUT2D eigenvalue weighted by Gasteiger charge is 2.16. The number of nitrogens with zero attached hydrogens (tertiary/aromatic N) is 2. The lowest BCUT2D eigenvalue weighted by Crippen LogP contribution is -2.15. The zero-order valence-corrected chi connectivity index (χ0v) is 9.48. The number of ether oxygens (including phenoxy) is 1. The number of rotatable bonds is 4. The Morgan fingerprint density at radius 2 is 2.20 bits per heavy atom. The fraction of sp³-hybridized carbons (Fsp3) is 0.750. The molecule has 1 aliphatic rings. The van der Waals surface area contributed by atoms with E-state index in [1.165, 1.54) is 37.8 Å². The van der Waals surface area contributed by atoms with Crippen molar-refractivity contribution in [2.24, 2.45) is 0 Å². The first-order valence-electron chi connectivity index (χ1n) is 5.91. The van der Waals surface area contributed by atoms with Crippen molar-refractivity contribution in [3.63, 3.8) is 0 Å². The van der Waals surface area contributed by atoms with Crippen molar-refractivity contribution in [3.05, 3.63) is 18.2 Å². The Hall–Kier alpha value is -0.830. The average molecular weight is 208 g/mol. The molecule has 3 heteroatoms. The molecule has 1 aromatic heterocycles. The standard InChI is InChI=1S/C12H20N2O/c1-15-8-7-12-9-13-10-14(12)11-5-3-2-4-6-11/h9-11H,2-8H2,1H3. The summed E-state index contributed by atoms with van der Waals surface area (Å²) in [6.07, 6.45) is 11.7. The molecule has 2 rings (SSSR count). The van der Waals surface area contributed by atoms with Crippen molar-refractivity contribution in [2.75, 3.05) is 13.7 Å². The number of hydrogen-bond donors (Lipinski definition) is 0. The van der Waals surface area contributed by atoms with Gasteiger partial charge in [-0.25, -0.2) is 4.98 Å². The van der Waals surface area contributed by atoms with E-state index in [0.717, 1.165) is 13.0 Å². The predicted molar refractivity (Wildman–Crippen MR) is 59.9 cm³/mol. The summed E-state index contributed by atoms with van der Waals surface area (Å²) >= 11 is 0. The van der Waals surface area contributed by atoms with E-state index in [1.807, 2.05) is 12.5 Å². The molecule has 1 aliphatic carbocycles. The van der Waals surface area contributed by atoms with Crippen LogP contribution in [0.3, 0.4) is 0 Å². The Labute approximate surface area is 91.5 Å². The van der Waals surface area contributed by atoms with E-state index in [1.54, 1.807) is 7.11 Å². The quantitative estimate of drug-likeness (QED) is 0.760. The van der Waals surface area contributed by atoms with Gasteiger partial charge in [-0.1, -0.05) is 19.3 Å². The van der Waals surface area contributed by atoms with Crippen molar-refractivity contribution in [2.45, 2.75) is 44.6 Å². The monoisotopic (exact) mass is 208 g/mol. The normalized spacial score (nSPS) is 18.2. The lowest BCUT2D eigenvalue weighted by molar-refractivity contribution is 0.199. The summed E-state index contributed by atoms with van der Waals surface area (Å²) in [6, 6.07) is 0.688. The molecule has 0 aromatic carbocycles. The molecular formula is C12H20N2O. The number of aromatic nitrogens is 2. The van der Waals surface area contributed by atoms with Crippen molar-refractivity contribution < 1.29 is 4.74 Å². The fourth-order valence-corrected chi connectivity index (χ4v) is 2.42. The highest BCUT2D eigenvalue weighted by Crippen LogP contribution is 2.28. The van der Waals surface area contributed by atoms with Gasteiger partial charge in [-0.3, -0.25) is 0 Å². The van der Waals surface area contributed by atoms with Gasteiger partial charge in [-0.2, -0.15) is 0 Å². The Balaban J connectivity index is 2.02. The summed E-state index contributed by atoms with van der Waals surface area (Å²) < 4.78 is 7.48. The molecule has 1 aromatic rings. The van der Waals surface area contributed by atoms with Gasteiger partial charge in [0.05, 0.1) is 12.9 Å². The van der Waals surface area contributed by atoms with E-state index < -0.39 is 0 Å². The SMILES string of the molecule is COCCc1cncn1C1CCCCC1. The van der Waals surface area contributed by atoms with Crippen LogP contribution in [0.5, 0.6) is 0 Å². The minimum Gasteiger partial charge on any atom is -0.384 e. The van der Waals surface area contributed by atoms with Crippen LogP contribution in [0.2, 0.25) is 0 Å². The third kappa shape index (κ3) is 2.59. The third-order valence-corrected chi connectivity index (χ3v) is 3.28. The maximum atomic E-state index is 5.12. The van der Waals surface area contributed by atoms with Crippen LogP contribution in [0.1, 0.15) is 43.8 Å². The summed E-state index contributed by atoms with van der Waals surface area (Å²) in [6.45, 7) is 0.790. The van der Waals surface area contributed by atoms with Crippen molar-refractivity contribution in [1.29, 1.82) is 0 Å². The molecular weight excluding hydrogens is 188 g/mol. The van der Waals surface area contributed by atoms with Crippen LogP contribution >= 0.6 is 0 Å². The zero-order valence-electron chi connectivity index (χ0n) is 9.48. The first-order chi connectivity index (χ1) is 7.42. The fourth-order valence-electron chi connectivity index (χ4n) is 2.42. The number of hydrogen-bond acceptors (Lipinski definition) is 2. The summed E-state index contributed by atoms with van der Waals surface area (Å²) in [5.74, 6) is 0. The molecule has 0 radical (unpaired) electrons. The maximum Gasteiger partial charge on any atom is 0.0950 e. The van der Waals surface area contributed by atoms with Crippen molar-refractivity contribution in [3.8, 4) is 0 Å². The molecule has 1 saturated carbocycles. The molecule has 0 aliphatic heterocycles. The van der Waals surface area contributed by atoms with E-state index in [2.05, 4.69) is 9.55 Å². The second-order valence-electron chi connectivity index (χ2n) is 4.33. The highest BCUT2D eigenvalue weighted by molar-refractivity contribution is 5.01. The zero-order chi connectivity index (χ0) is 10.5. The molecule has 0 amide bonds. The van der Waals surface area contributed by atoms with Crippen LogP contribution in [-0.4, -0.2) is 23.3 Å². The third-order valence-electron chi connectivity index (χ3n) is 3.28. The van der Waals surface area contributed by atoms with Gasteiger partial charge in [0.25, 0.3) is 0 Å². The molecule has 1 heterocycles. The highest BCUT2D eigenvalue weighted by atomic mass is 16.5. The number of methoxy groups -OCH3 is 1. The van der Waals surface area contributed by atoms with Crippen LogP contribution in [0, 0.1) is 0 Å². The van der Waals surface area contributed by atoms with Crippen LogP contribution in [0.25, 0.3) is 0 Å². The predicted octanol–water partition coefficient (Wildman–Crippen LogP) is 2.58. The molecule has 0 spiro atoms. The lowest BCUT2D eigenvalue weighted by Gasteiger charge is -2.24. The van der Waals surface area contributed by atoms with E-state index in [9.17, 15) is 0 Å². The second kappa shape index (κ2) is 5.31. The summed E-state index contributed by atoms with van der Waals surface area (Å²) in [4.78, 5) is 4.26. The van der Waals surface area contributed by atoms with Gasteiger partial charge in [0.15, 0.2) is 0 Å². The van der Waals surface area contributed by atoms with Crippen molar-refractivity contribution >= 4 is 0 Å². The van der Waals surface area contributed by atoms with Crippen LogP contribution in [0.15, 0.2) is 12.5 Å². The lowest BCUT2D eigenvalue weighted by atomic mass is 9.95. The van der Waals surface area contributed by atoms with Gasteiger partial charge in [0, 0.05) is 31.5 Å². The average Bonchev–Trinajstić information content (AvgIpc) is 2.75. The Morgan fingerprint density at radius 1 is 1.40 bits per heavy atom. The Morgan fingerprint density at radius 3 is 2.93 bits per heavy atom. The maximum absolute atomic E-state index is 5.12. The molecule has 15 heavy (non-hydrogen) atoms. The Bertz CT molecular complexity index is 290. The van der Waals surface area contributed by atoms with E-state index in [0.29, 0.717) is 6.04 Å². The van der Waals surface area contributed by atoms with Gasteiger partial charge in [-0.15, -0.1) is 0 Å². The topological polar surface area (TPSA) is 27.1 Å². The molecule has 0 unspecified atom stereocenters. The van der Waals surface area contributed by atoms with Gasteiger partial charge in [0.2, 0.25) is 0 Å². The summed E-state index contributed by atoms with van der Waals surface area (Å²) in [5, 5.41) is 0. The van der Waals surface area contributed by atoms with E-state index >= 15 is 0 Å². The first-order valence-corrected chi connectivity index (χ1v) is 5.91. The van der Waals surface area contributed by atoms with Gasteiger partial charge in [0.1, 0.15) is 0 Å². The number of imidazole rings is 1. The second-order valence-corrected chi connectivity index (χ2v) is 4.33. The van der Waals surface area contributed by atoms with Gasteiger partial charge in [-0.05, 0) is 12.8 Å². The summed E-state index contributed by atoms with van der Waals surface area (Å²) in [7, 11) is 1.75. The molecule has 0 atom stereocenters. The molecule has 84 valence electrons. The smallest absolute Gasteiger partial charge is 0.0950 e. The molecule has 1 fully saturated rings. The van der Waals surface area contributed by atoms with Crippen LogP contribution in [-0.2, 0) is 11.2 Å². The molecule has 0 bridgehead atoms.